The average molecular weight is 394 g/mol. The van der Waals surface area contributed by atoms with Crippen LogP contribution in [0.15, 0.2) is 27.9 Å². The molecule has 0 radical (unpaired) electrons. The largest absolute Gasteiger partial charge is 0.443 e. The molecule has 1 heterocycles. The van der Waals surface area contributed by atoms with E-state index in [1.807, 2.05) is 0 Å². The van der Waals surface area contributed by atoms with E-state index in [0.29, 0.717) is 5.82 Å². The normalized spacial score (nSPS) is 11.2. The van der Waals surface area contributed by atoms with Crippen LogP contribution in [0, 0.1) is 5.82 Å². The molecular formula is C14H14ClF2N3O2S2. The van der Waals surface area contributed by atoms with Crippen LogP contribution in [0.4, 0.5) is 25.2 Å². The molecule has 2 rings (SSSR count). The summed E-state index contributed by atoms with van der Waals surface area (Å²) in [5.74, 6) is -0.448. The molecule has 0 aliphatic heterocycles. The second kappa shape index (κ2) is 7.54. The molecular weight excluding hydrogens is 380 g/mol. The van der Waals surface area contributed by atoms with Gasteiger partial charge in [0.25, 0.3) is 0 Å². The summed E-state index contributed by atoms with van der Waals surface area (Å²) in [7, 11) is 0. The highest BCUT2D eigenvalue weighted by molar-refractivity contribution is 8.01. The Bertz CT molecular complexity index is 724. The van der Waals surface area contributed by atoms with Crippen LogP contribution in [0.1, 0.15) is 20.8 Å². The van der Waals surface area contributed by atoms with Gasteiger partial charge in [-0.15, -0.1) is 15.8 Å². The van der Waals surface area contributed by atoms with Crippen molar-refractivity contribution >= 4 is 52.5 Å². The fraction of sp³-hybridized carbons (Fsp3) is 0.286. The Morgan fingerprint density at radius 1 is 1.46 bits per heavy atom. The van der Waals surface area contributed by atoms with Crippen LogP contribution in [0.2, 0.25) is 5.02 Å². The summed E-state index contributed by atoms with van der Waals surface area (Å²) >= 11 is 7.89. The van der Waals surface area contributed by atoms with Gasteiger partial charge in [0.15, 0.2) is 5.82 Å². The molecule has 130 valence electrons. The summed E-state index contributed by atoms with van der Waals surface area (Å²) in [4.78, 5) is 16.5. The maximum atomic E-state index is 14.1. The molecule has 1 aromatic carbocycles. The number of hydrogen-bond acceptors (Lipinski definition) is 6. The van der Waals surface area contributed by atoms with Crippen molar-refractivity contribution < 1.29 is 18.4 Å². The Balaban J connectivity index is 2.33. The number of anilines is 2. The molecule has 24 heavy (non-hydrogen) atoms. The number of benzene rings is 1. The topological polar surface area (TPSA) is 54.5 Å². The minimum atomic E-state index is -0.742. The zero-order valence-corrected chi connectivity index (χ0v) is 15.4. The van der Waals surface area contributed by atoms with Gasteiger partial charge in [-0.3, -0.25) is 0 Å². The molecule has 0 aliphatic rings. The van der Waals surface area contributed by atoms with Crippen LogP contribution in [-0.4, -0.2) is 16.7 Å². The summed E-state index contributed by atoms with van der Waals surface area (Å²) in [6, 6.07) is 2.12. The van der Waals surface area contributed by atoms with Crippen molar-refractivity contribution in [3.05, 3.63) is 33.9 Å². The quantitative estimate of drug-likeness (QED) is 0.535. The van der Waals surface area contributed by atoms with Crippen molar-refractivity contribution in [2.24, 2.45) is 0 Å². The van der Waals surface area contributed by atoms with E-state index in [1.54, 1.807) is 26.2 Å². The first-order valence-electron chi connectivity index (χ1n) is 6.66. The van der Waals surface area contributed by atoms with Gasteiger partial charge >= 0.3 is 6.09 Å². The molecule has 0 bridgehead atoms. The Kier molecular flexibility index (Phi) is 5.89. The zero-order chi connectivity index (χ0) is 17.9. The van der Waals surface area contributed by atoms with E-state index in [2.05, 4.69) is 4.98 Å². The Morgan fingerprint density at radius 3 is 2.71 bits per heavy atom. The number of nitrogens with zero attached hydrogens (tertiary/aromatic N) is 2. The summed E-state index contributed by atoms with van der Waals surface area (Å²) in [5.41, 5.74) is 1.91. The van der Waals surface area contributed by atoms with Crippen molar-refractivity contribution in [1.29, 1.82) is 0 Å². The number of nitrogens with one attached hydrogen (secondary N) is 1. The molecule has 1 amide bonds. The van der Waals surface area contributed by atoms with Crippen molar-refractivity contribution in [3.63, 3.8) is 0 Å². The summed E-state index contributed by atoms with van der Waals surface area (Å²) in [6.07, 6.45) is -0.707. The van der Waals surface area contributed by atoms with Crippen LogP contribution in [0.5, 0.6) is 0 Å². The number of aromatic nitrogens is 1. The predicted molar refractivity (Wildman–Crippen MR) is 92.8 cm³/mol. The van der Waals surface area contributed by atoms with E-state index in [4.69, 9.17) is 16.3 Å². The number of halogens is 3. The Labute approximate surface area is 151 Å². The zero-order valence-electron chi connectivity index (χ0n) is 13.0. The standard InChI is InChI=1S/C14H14ClF2N3O2S2/c1-14(2,3)22-13(21)20(12-6-23-7-18-12)24-11-4-8(15)10(19-17)5-9(11)16/h4-7,19H,1-3H3. The number of hydrogen-bond donors (Lipinski definition) is 1. The highest BCUT2D eigenvalue weighted by Gasteiger charge is 2.27. The molecule has 0 saturated heterocycles. The Hall–Kier alpha value is -1.58. The van der Waals surface area contributed by atoms with Gasteiger partial charge in [-0.05, 0) is 26.8 Å². The van der Waals surface area contributed by atoms with E-state index in [0.717, 1.165) is 22.3 Å². The highest BCUT2D eigenvalue weighted by atomic mass is 35.5. The first kappa shape index (κ1) is 18.8. The molecule has 0 atom stereocenters. The number of thiazole rings is 1. The van der Waals surface area contributed by atoms with E-state index >= 15 is 0 Å². The first-order valence-corrected chi connectivity index (χ1v) is 8.75. The molecule has 1 N–H and O–H groups in total. The maximum absolute atomic E-state index is 14.1. The van der Waals surface area contributed by atoms with E-state index in [-0.39, 0.29) is 15.6 Å². The molecule has 0 aliphatic carbocycles. The highest BCUT2D eigenvalue weighted by Crippen LogP contribution is 2.36. The number of carbonyl (C=O) groups excluding carboxylic acids is 1. The smallest absolute Gasteiger partial charge is 0.426 e. The van der Waals surface area contributed by atoms with Gasteiger partial charge in [-0.25, -0.2) is 19.7 Å². The minimum Gasteiger partial charge on any atom is -0.443 e. The number of rotatable bonds is 4. The molecule has 0 spiro atoms. The third kappa shape index (κ3) is 4.71. The maximum Gasteiger partial charge on any atom is 0.426 e. The van der Waals surface area contributed by atoms with Gasteiger partial charge in [0.05, 0.1) is 21.1 Å². The molecule has 5 nitrogen and oxygen atoms in total. The van der Waals surface area contributed by atoms with Crippen LogP contribution in [0.3, 0.4) is 0 Å². The lowest BCUT2D eigenvalue weighted by atomic mass is 10.2. The van der Waals surface area contributed by atoms with Crippen molar-refractivity contribution in [1.82, 2.24) is 4.98 Å². The fourth-order valence-corrected chi connectivity index (χ4v) is 3.22. The van der Waals surface area contributed by atoms with Gasteiger partial charge in [0, 0.05) is 23.4 Å². The van der Waals surface area contributed by atoms with Crippen molar-refractivity contribution in [2.75, 3.05) is 9.84 Å². The first-order chi connectivity index (χ1) is 11.2. The SMILES string of the molecule is CC(C)(C)OC(=O)N(Sc1cc(Cl)c(NF)cc1F)c1cscn1. The predicted octanol–water partition coefficient (Wildman–Crippen LogP) is 5.68. The van der Waals surface area contributed by atoms with E-state index < -0.39 is 17.5 Å². The van der Waals surface area contributed by atoms with Crippen LogP contribution in [-0.2, 0) is 4.74 Å². The third-order valence-electron chi connectivity index (χ3n) is 2.50. The lowest BCUT2D eigenvalue weighted by Crippen LogP contribution is -2.32. The van der Waals surface area contributed by atoms with Gasteiger partial charge in [0.2, 0.25) is 0 Å². The molecule has 0 saturated carbocycles. The monoisotopic (exact) mass is 393 g/mol. The van der Waals surface area contributed by atoms with Gasteiger partial charge < -0.3 is 4.74 Å². The van der Waals surface area contributed by atoms with Gasteiger partial charge in [-0.1, -0.05) is 11.6 Å². The number of amides is 1. The lowest BCUT2D eigenvalue weighted by Gasteiger charge is -2.25. The van der Waals surface area contributed by atoms with Crippen molar-refractivity contribution in [2.45, 2.75) is 31.3 Å². The van der Waals surface area contributed by atoms with Crippen LogP contribution in [0.25, 0.3) is 0 Å². The summed E-state index contributed by atoms with van der Waals surface area (Å²) < 4.78 is 33.1. The number of carbonyl (C=O) groups is 1. The minimum absolute atomic E-state index is 0.0242. The van der Waals surface area contributed by atoms with Gasteiger partial charge in [-0.2, -0.15) is 4.31 Å². The Morgan fingerprint density at radius 2 is 2.17 bits per heavy atom. The van der Waals surface area contributed by atoms with E-state index in [9.17, 15) is 13.7 Å². The lowest BCUT2D eigenvalue weighted by molar-refractivity contribution is 0.0611. The van der Waals surface area contributed by atoms with Gasteiger partial charge in [0.1, 0.15) is 11.4 Å². The molecule has 1 aromatic heterocycles. The summed E-state index contributed by atoms with van der Waals surface area (Å²) in [6.45, 7) is 5.15. The second-order valence-corrected chi connectivity index (χ2v) is 7.68. The second-order valence-electron chi connectivity index (χ2n) is 5.57. The number of ether oxygens (including phenoxy) is 1. The molecule has 0 fully saturated rings. The molecule has 2 aromatic rings. The average Bonchev–Trinajstić information content (AvgIpc) is 2.99. The molecule has 0 unspecified atom stereocenters. The summed E-state index contributed by atoms with van der Waals surface area (Å²) in [5, 5.41) is 1.59. The fourth-order valence-electron chi connectivity index (χ4n) is 1.56. The van der Waals surface area contributed by atoms with E-state index in [1.165, 1.54) is 28.5 Å². The van der Waals surface area contributed by atoms with Crippen molar-refractivity contribution in [3.8, 4) is 0 Å². The molecule has 10 heteroatoms. The van der Waals surface area contributed by atoms with Crippen LogP contribution < -0.4 is 9.84 Å². The van der Waals surface area contributed by atoms with Crippen LogP contribution >= 0.6 is 34.9 Å². The third-order valence-corrected chi connectivity index (χ3v) is 4.41.